The first-order valence-electron chi connectivity index (χ1n) is 7.90. The highest BCUT2D eigenvalue weighted by atomic mass is 32.2. The number of anilines is 1. The summed E-state index contributed by atoms with van der Waals surface area (Å²) < 4.78 is 7.20. The van der Waals surface area contributed by atoms with E-state index in [4.69, 9.17) is 4.74 Å². The number of methoxy groups -OCH3 is 1. The lowest BCUT2D eigenvalue weighted by molar-refractivity contribution is 0.102. The molecule has 0 aliphatic rings. The van der Waals surface area contributed by atoms with Crippen LogP contribution >= 0.6 is 11.8 Å². The summed E-state index contributed by atoms with van der Waals surface area (Å²) in [7, 11) is 1.56. The summed E-state index contributed by atoms with van der Waals surface area (Å²) >= 11 is 1.60. The number of carbonyl (C=O) groups is 1. The van der Waals surface area contributed by atoms with Crippen LogP contribution in [0.1, 0.15) is 30.2 Å². The van der Waals surface area contributed by atoms with E-state index in [9.17, 15) is 4.79 Å². The predicted molar refractivity (Wildman–Crippen MR) is 101 cm³/mol. The second-order valence-electron chi connectivity index (χ2n) is 5.84. The number of carbonyl (C=O) groups excluding carboxylic acids is 1. The van der Waals surface area contributed by atoms with Gasteiger partial charge < -0.3 is 10.1 Å². The molecule has 0 saturated carbocycles. The van der Waals surface area contributed by atoms with Gasteiger partial charge in [0, 0.05) is 16.3 Å². The Kier molecular flexibility index (Phi) is 4.94. The van der Waals surface area contributed by atoms with Gasteiger partial charge >= 0.3 is 0 Å². The topological polar surface area (TPSA) is 69.0 Å². The molecule has 3 rings (SSSR count). The number of fused-ring (bicyclic) bond motifs is 1. The first kappa shape index (κ1) is 17.3. The van der Waals surface area contributed by atoms with E-state index in [2.05, 4.69) is 15.4 Å². The smallest absolute Gasteiger partial charge is 0.259 e. The number of thioether (sulfide) groups is 1. The predicted octanol–water partition coefficient (Wildman–Crippen LogP) is 4.00. The Hall–Kier alpha value is -2.54. The molecule has 0 atom stereocenters. The van der Waals surface area contributed by atoms with Crippen LogP contribution in [0.15, 0.2) is 41.6 Å². The van der Waals surface area contributed by atoms with Gasteiger partial charge in [0.15, 0.2) is 5.65 Å². The van der Waals surface area contributed by atoms with Gasteiger partial charge in [0.1, 0.15) is 5.75 Å². The number of hydrogen-bond donors (Lipinski definition) is 1. The van der Waals surface area contributed by atoms with Crippen LogP contribution in [0.5, 0.6) is 5.75 Å². The molecule has 0 spiro atoms. The van der Waals surface area contributed by atoms with Crippen molar-refractivity contribution in [1.29, 1.82) is 0 Å². The zero-order valence-electron chi connectivity index (χ0n) is 14.6. The standard InChI is InChI=1S/C18H20N4O2S/c1-11(2)22-17-12(9-20-22)7-13(10-19-17)21-18(23)15-6-5-14(25-4)8-16(15)24-3/h5-11H,1-4H3,(H,21,23). The van der Waals surface area contributed by atoms with E-state index in [0.29, 0.717) is 17.0 Å². The number of benzene rings is 1. The van der Waals surface area contributed by atoms with Gasteiger partial charge in [-0.1, -0.05) is 0 Å². The quantitative estimate of drug-likeness (QED) is 0.700. The molecule has 0 aliphatic heterocycles. The van der Waals surface area contributed by atoms with Gasteiger partial charge in [-0.05, 0) is 44.4 Å². The molecule has 130 valence electrons. The highest BCUT2D eigenvalue weighted by Crippen LogP contribution is 2.26. The molecule has 0 aliphatic carbocycles. The van der Waals surface area contributed by atoms with Crippen LogP contribution < -0.4 is 10.1 Å². The summed E-state index contributed by atoms with van der Waals surface area (Å²) in [6.45, 7) is 4.10. The van der Waals surface area contributed by atoms with Gasteiger partial charge in [-0.15, -0.1) is 11.8 Å². The molecule has 2 heterocycles. The monoisotopic (exact) mass is 356 g/mol. The maximum Gasteiger partial charge on any atom is 0.259 e. The Labute approximate surface area is 150 Å². The number of nitrogens with zero attached hydrogens (tertiary/aromatic N) is 3. The van der Waals surface area contributed by atoms with Crippen LogP contribution in [0.4, 0.5) is 5.69 Å². The first-order chi connectivity index (χ1) is 12.0. The van der Waals surface area contributed by atoms with E-state index in [-0.39, 0.29) is 11.9 Å². The number of ether oxygens (including phenoxy) is 1. The van der Waals surface area contributed by atoms with Crippen molar-refractivity contribution in [3.8, 4) is 5.75 Å². The van der Waals surface area contributed by atoms with E-state index in [1.54, 1.807) is 37.3 Å². The number of pyridine rings is 1. The molecule has 2 aromatic heterocycles. The van der Waals surface area contributed by atoms with Gasteiger partial charge in [-0.3, -0.25) is 4.79 Å². The fourth-order valence-corrected chi connectivity index (χ4v) is 3.00. The number of nitrogens with one attached hydrogen (secondary N) is 1. The Morgan fingerprint density at radius 3 is 2.76 bits per heavy atom. The van der Waals surface area contributed by atoms with Gasteiger partial charge in [0.05, 0.1) is 30.8 Å². The molecule has 1 aromatic carbocycles. The van der Waals surface area contributed by atoms with E-state index in [1.807, 2.05) is 43.0 Å². The van der Waals surface area contributed by atoms with Crippen molar-refractivity contribution in [1.82, 2.24) is 14.8 Å². The molecule has 0 bridgehead atoms. The van der Waals surface area contributed by atoms with Crippen LogP contribution in [0.25, 0.3) is 11.0 Å². The summed E-state index contributed by atoms with van der Waals surface area (Å²) in [5, 5.41) is 8.10. The van der Waals surface area contributed by atoms with Crippen LogP contribution in [-0.4, -0.2) is 34.0 Å². The highest BCUT2D eigenvalue weighted by Gasteiger charge is 2.14. The molecule has 1 amide bonds. The molecule has 6 nitrogen and oxygen atoms in total. The number of amides is 1. The lowest BCUT2D eigenvalue weighted by Crippen LogP contribution is -2.13. The molecule has 1 N–H and O–H groups in total. The molecule has 0 radical (unpaired) electrons. The fourth-order valence-electron chi connectivity index (χ4n) is 2.57. The van der Waals surface area contributed by atoms with Crippen LogP contribution in [0.2, 0.25) is 0 Å². The number of hydrogen-bond acceptors (Lipinski definition) is 5. The molecular formula is C18H20N4O2S. The van der Waals surface area contributed by atoms with Crippen LogP contribution in [0, 0.1) is 0 Å². The van der Waals surface area contributed by atoms with Crippen molar-refractivity contribution in [3.63, 3.8) is 0 Å². The molecular weight excluding hydrogens is 336 g/mol. The van der Waals surface area contributed by atoms with Gasteiger partial charge in [-0.2, -0.15) is 5.10 Å². The van der Waals surface area contributed by atoms with Crippen molar-refractivity contribution in [2.24, 2.45) is 0 Å². The fraction of sp³-hybridized carbons (Fsp3) is 0.278. The van der Waals surface area contributed by atoms with Crippen molar-refractivity contribution in [3.05, 3.63) is 42.2 Å². The van der Waals surface area contributed by atoms with Crippen LogP contribution in [0.3, 0.4) is 0 Å². The maximum absolute atomic E-state index is 12.6. The Bertz CT molecular complexity index is 921. The van der Waals surface area contributed by atoms with Crippen molar-refractivity contribution < 1.29 is 9.53 Å². The molecule has 0 fully saturated rings. The van der Waals surface area contributed by atoms with E-state index >= 15 is 0 Å². The molecule has 0 unspecified atom stereocenters. The summed E-state index contributed by atoms with van der Waals surface area (Å²) in [5.41, 5.74) is 1.91. The summed E-state index contributed by atoms with van der Waals surface area (Å²) in [6.07, 6.45) is 5.38. The highest BCUT2D eigenvalue weighted by molar-refractivity contribution is 7.98. The average molecular weight is 356 g/mol. The number of rotatable bonds is 5. The molecule has 7 heteroatoms. The third-order valence-corrected chi connectivity index (χ3v) is 4.56. The van der Waals surface area contributed by atoms with E-state index in [1.165, 1.54) is 0 Å². The van der Waals surface area contributed by atoms with Gasteiger partial charge in [0.25, 0.3) is 5.91 Å². The molecule has 25 heavy (non-hydrogen) atoms. The van der Waals surface area contributed by atoms with Gasteiger partial charge in [0.2, 0.25) is 0 Å². The normalized spacial score (nSPS) is 11.1. The van der Waals surface area contributed by atoms with Gasteiger partial charge in [-0.25, -0.2) is 9.67 Å². The first-order valence-corrected chi connectivity index (χ1v) is 9.12. The molecule has 3 aromatic rings. The Morgan fingerprint density at radius 2 is 2.08 bits per heavy atom. The third kappa shape index (κ3) is 3.46. The zero-order valence-corrected chi connectivity index (χ0v) is 15.4. The van der Waals surface area contributed by atoms with E-state index in [0.717, 1.165) is 15.9 Å². The van der Waals surface area contributed by atoms with Crippen molar-refractivity contribution >= 4 is 34.4 Å². The minimum atomic E-state index is -0.234. The Balaban J connectivity index is 1.87. The summed E-state index contributed by atoms with van der Waals surface area (Å²) in [5.74, 6) is 0.313. The maximum atomic E-state index is 12.6. The van der Waals surface area contributed by atoms with Crippen LogP contribution in [-0.2, 0) is 0 Å². The summed E-state index contributed by atoms with van der Waals surface area (Å²) in [4.78, 5) is 18.1. The second-order valence-corrected chi connectivity index (χ2v) is 6.72. The largest absolute Gasteiger partial charge is 0.496 e. The lowest BCUT2D eigenvalue weighted by Gasteiger charge is -2.11. The zero-order chi connectivity index (χ0) is 18.0. The lowest BCUT2D eigenvalue weighted by atomic mass is 10.2. The molecule has 0 saturated heterocycles. The van der Waals surface area contributed by atoms with Crippen molar-refractivity contribution in [2.45, 2.75) is 24.8 Å². The minimum absolute atomic E-state index is 0.227. The second kappa shape index (κ2) is 7.14. The average Bonchev–Trinajstić information content (AvgIpc) is 3.04. The van der Waals surface area contributed by atoms with E-state index < -0.39 is 0 Å². The number of aromatic nitrogens is 3. The SMILES string of the molecule is COc1cc(SC)ccc1C(=O)Nc1cnc2c(cnn2C(C)C)c1. The summed E-state index contributed by atoms with van der Waals surface area (Å²) in [6, 6.07) is 7.62. The minimum Gasteiger partial charge on any atom is -0.496 e. The van der Waals surface area contributed by atoms with Crippen molar-refractivity contribution in [2.75, 3.05) is 18.7 Å². The third-order valence-electron chi connectivity index (χ3n) is 3.83. The Morgan fingerprint density at radius 1 is 1.28 bits per heavy atom.